The fourth-order valence-corrected chi connectivity index (χ4v) is 0.887. The molecule has 0 spiro atoms. The number of nitrogens with one attached hydrogen (secondary N) is 1. The molecular formula is C6H6N4S. The number of hydrogen-bond donors (Lipinski definition) is 3. The lowest BCUT2D eigenvalue weighted by Gasteiger charge is -2.00. The minimum atomic E-state index is 0.465. The smallest absolute Gasteiger partial charge is 0.153 e. The van der Waals surface area contributed by atoms with Crippen molar-refractivity contribution in [2.45, 2.75) is 4.90 Å². The SMILES string of the molecule is N#Cc1cnc(NN)c(S)c1. The molecule has 1 aromatic rings. The largest absolute Gasteiger partial charge is 0.308 e. The van der Waals surface area contributed by atoms with E-state index in [0.29, 0.717) is 16.3 Å². The summed E-state index contributed by atoms with van der Waals surface area (Å²) in [6.45, 7) is 0. The van der Waals surface area contributed by atoms with Gasteiger partial charge in [-0.3, -0.25) is 0 Å². The highest BCUT2D eigenvalue weighted by Gasteiger charge is 1.98. The van der Waals surface area contributed by atoms with Gasteiger partial charge < -0.3 is 5.43 Å². The van der Waals surface area contributed by atoms with E-state index in [2.05, 4.69) is 23.0 Å². The van der Waals surface area contributed by atoms with Crippen molar-refractivity contribution in [2.75, 3.05) is 5.43 Å². The van der Waals surface area contributed by atoms with Gasteiger partial charge in [-0.05, 0) is 6.07 Å². The monoisotopic (exact) mass is 166 g/mol. The molecule has 56 valence electrons. The Kier molecular flexibility index (Phi) is 2.31. The summed E-state index contributed by atoms with van der Waals surface area (Å²) in [5.41, 5.74) is 2.82. The first-order chi connectivity index (χ1) is 5.27. The Bertz CT molecular complexity index is 304. The molecule has 11 heavy (non-hydrogen) atoms. The quantitative estimate of drug-likeness (QED) is 0.323. The van der Waals surface area contributed by atoms with Crippen molar-refractivity contribution in [1.82, 2.24) is 4.98 Å². The van der Waals surface area contributed by atoms with Crippen LogP contribution >= 0.6 is 12.6 Å². The molecule has 0 aliphatic carbocycles. The molecule has 0 saturated heterocycles. The first-order valence-electron chi connectivity index (χ1n) is 2.83. The molecule has 0 atom stereocenters. The van der Waals surface area contributed by atoms with E-state index in [0.717, 1.165) is 0 Å². The van der Waals surface area contributed by atoms with Crippen LogP contribution in [0.2, 0.25) is 0 Å². The van der Waals surface area contributed by atoms with Crippen LogP contribution in [0.15, 0.2) is 17.2 Å². The standard InChI is InChI=1S/C6H6N4S/c7-2-4-1-5(11)6(10-8)9-3-4/h1,3,11H,8H2,(H,9,10). The lowest BCUT2D eigenvalue weighted by atomic mass is 10.3. The van der Waals surface area contributed by atoms with Gasteiger partial charge in [-0.2, -0.15) is 5.26 Å². The number of hydrogen-bond acceptors (Lipinski definition) is 5. The zero-order chi connectivity index (χ0) is 8.27. The molecule has 5 heteroatoms. The highest BCUT2D eigenvalue weighted by atomic mass is 32.1. The fourth-order valence-electron chi connectivity index (χ4n) is 0.626. The van der Waals surface area contributed by atoms with Gasteiger partial charge in [-0.25, -0.2) is 10.8 Å². The van der Waals surface area contributed by atoms with Crippen LogP contribution in [-0.4, -0.2) is 4.98 Å². The van der Waals surface area contributed by atoms with Crippen LogP contribution in [-0.2, 0) is 0 Å². The second kappa shape index (κ2) is 3.23. The van der Waals surface area contributed by atoms with E-state index in [-0.39, 0.29) is 0 Å². The van der Waals surface area contributed by atoms with Crippen LogP contribution < -0.4 is 11.3 Å². The van der Waals surface area contributed by atoms with Crippen LogP contribution in [0.5, 0.6) is 0 Å². The van der Waals surface area contributed by atoms with E-state index in [9.17, 15) is 0 Å². The summed E-state index contributed by atoms with van der Waals surface area (Å²) in [5, 5.41) is 8.45. The normalized spacial score (nSPS) is 8.82. The maximum Gasteiger partial charge on any atom is 0.153 e. The molecule has 0 aliphatic rings. The zero-order valence-corrected chi connectivity index (χ0v) is 6.47. The van der Waals surface area contributed by atoms with E-state index >= 15 is 0 Å². The van der Waals surface area contributed by atoms with Crippen molar-refractivity contribution in [3.63, 3.8) is 0 Å². The molecule has 3 N–H and O–H groups in total. The molecule has 0 bridgehead atoms. The molecule has 4 nitrogen and oxygen atoms in total. The van der Waals surface area contributed by atoms with Crippen molar-refractivity contribution < 1.29 is 0 Å². The Morgan fingerprint density at radius 1 is 1.73 bits per heavy atom. The number of anilines is 1. The Morgan fingerprint density at radius 2 is 2.45 bits per heavy atom. The zero-order valence-electron chi connectivity index (χ0n) is 5.57. The van der Waals surface area contributed by atoms with Gasteiger partial charge in [0, 0.05) is 11.1 Å². The summed E-state index contributed by atoms with van der Waals surface area (Å²) >= 11 is 4.05. The summed E-state index contributed by atoms with van der Waals surface area (Å²) in [6.07, 6.45) is 1.43. The number of hydrazine groups is 1. The first-order valence-corrected chi connectivity index (χ1v) is 3.28. The van der Waals surface area contributed by atoms with E-state index in [4.69, 9.17) is 11.1 Å². The van der Waals surface area contributed by atoms with Gasteiger partial charge in [0.1, 0.15) is 6.07 Å². The third-order valence-electron chi connectivity index (χ3n) is 1.13. The van der Waals surface area contributed by atoms with Crippen molar-refractivity contribution in [3.05, 3.63) is 17.8 Å². The first kappa shape index (κ1) is 7.85. The third-order valence-corrected chi connectivity index (χ3v) is 1.47. The van der Waals surface area contributed by atoms with Gasteiger partial charge in [0.15, 0.2) is 5.82 Å². The molecular weight excluding hydrogens is 160 g/mol. The van der Waals surface area contributed by atoms with E-state index in [1.807, 2.05) is 6.07 Å². The van der Waals surface area contributed by atoms with Crippen molar-refractivity contribution in [3.8, 4) is 6.07 Å². The Labute approximate surface area is 69.4 Å². The van der Waals surface area contributed by atoms with E-state index in [1.54, 1.807) is 6.07 Å². The number of nitrogens with two attached hydrogens (primary N) is 1. The van der Waals surface area contributed by atoms with Crippen molar-refractivity contribution in [1.29, 1.82) is 5.26 Å². The minimum Gasteiger partial charge on any atom is -0.308 e. The highest BCUT2D eigenvalue weighted by Crippen LogP contribution is 2.15. The van der Waals surface area contributed by atoms with E-state index < -0.39 is 0 Å². The van der Waals surface area contributed by atoms with Crippen LogP contribution in [0.4, 0.5) is 5.82 Å². The Morgan fingerprint density at radius 3 is 2.91 bits per heavy atom. The third kappa shape index (κ3) is 1.61. The van der Waals surface area contributed by atoms with Crippen LogP contribution in [0.1, 0.15) is 5.56 Å². The summed E-state index contributed by atoms with van der Waals surface area (Å²) in [5.74, 6) is 5.56. The molecule has 0 fully saturated rings. The summed E-state index contributed by atoms with van der Waals surface area (Å²) < 4.78 is 0. The van der Waals surface area contributed by atoms with Gasteiger partial charge in [0.05, 0.1) is 5.56 Å². The maximum atomic E-state index is 8.45. The number of rotatable bonds is 1. The van der Waals surface area contributed by atoms with Gasteiger partial charge in [-0.15, -0.1) is 12.6 Å². The van der Waals surface area contributed by atoms with Crippen LogP contribution in [0.3, 0.4) is 0 Å². The van der Waals surface area contributed by atoms with E-state index in [1.165, 1.54) is 6.20 Å². The second-order valence-corrected chi connectivity index (χ2v) is 2.33. The van der Waals surface area contributed by atoms with Crippen LogP contribution in [0.25, 0.3) is 0 Å². The predicted octanol–water partition coefficient (Wildman–Crippen LogP) is 0.528. The van der Waals surface area contributed by atoms with Gasteiger partial charge in [0.2, 0.25) is 0 Å². The molecule has 1 heterocycles. The second-order valence-electron chi connectivity index (χ2n) is 1.85. The highest BCUT2D eigenvalue weighted by molar-refractivity contribution is 7.80. The van der Waals surface area contributed by atoms with Crippen LogP contribution in [0, 0.1) is 11.3 Å². The maximum absolute atomic E-state index is 8.45. The average Bonchev–Trinajstić information content (AvgIpc) is 2.04. The molecule has 0 saturated carbocycles. The number of nitrogens with zero attached hydrogens (tertiary/aromatic N) is 2. The molecule has 1 rings (SSSR count). The number of thiol groups is 1. The number of aromatic nitrogens is 1. The average molecular weight is 166 g/mol. The predicted molar refractivity (Wildman–Crippen MR) is 44.0 cm³/mol. The lowest BCUT2D eigenvalue weighted by molar-refractivity contribution is 1.16. The lowest BCUT2D eigenvalue weighted by Crippen LogP contribution is -2.09. The topological polar surface area (TPSA) is 74.7 Å². The van der Waals surface area contributed by atoms with Crippen molar-refractivity contribution in [2.24, 2.45) is 5.84 Å². The number of nitriles is 1. The number of nitrogen functional groups attached to an aromatic ring is 1. The Hall–Kier alpha value is -1.25. The summed E-state index contributed by atoms with van der Waals surface area (Å²) in [7, 11) is 0. The Balaban J connectivity index is 3.12. The summed E-state index contributed by atoms with van der Waals surface area (Å²) in [4.78, 5) is 4.39. The molecule has 0 amide bonds. The van der Waals surface area contributed by atoms with Gasteiger partial charge in [-0.1, -0.05) is 0 Å². The number of pyridine rings is 1. The molecule has 0 aromatic carbocycles. The van der Waals surface area contributed by atoms with Crippen molar-refractivity contribution >= 4 is 18.4 Å². The molecule has 0 unspecified atom stereocenters. The summed E-state index contributed by atoms with van der Waals surface area (Å²) in [6, 6.07) is 3.53. The minimum absolute atomic E-state index is 0.465. The molecule has 1 aromatic heterocycles. The van der Waals surface area contributed by atoms with Gasteiger partial charge >= 0.3 is 0 Å². The van der Waals surface area contributed by atoms with Gasteiger partial charge in [0.25, 0.3) is 0 Å². The molecule has 0 aliphatic heterocycles. The fraction of sp³-hybridized carbons (Fsp3) is 0. The molecule has 0 radical (unpaired) electrons.